The van der Waals surface area contributed by atoms with Crippen LogP contribution in [0, 0.1) is 0 Å². The van der Waals surface area contributed by atoms with Crippen LogP contribution in [0.5, 0.6) is 0 Å². The van der Waals surface area contributed by atoms with Crippen molar-refractivity contribution < 1.29 is 14.7 Å². The Bertz CT molecular complexity index is 1060. The summed E-state index contributed by atoms with van der Waals surface area (Å²) in [6.45, 7) is 0.543. The quantitative estimate of drug-likeness (QED) is 0.633. The highest BCUT2D eigenvalue weighted by atomic mass is 35.5. The number of benzene rings is 1. The van der Waals surface area contributed by atoms with Crippen molar-refractivity contribution in [2.24, 2.45) is 0 Å². The van der Waals surface area contributed by atoms with Crippen molar-refractivity contribution >= 4 is 40.1 Å². The standard InChI is InChI=1S/C21H19ClN4O3/c22-14-5-6-18(24-13-14)25-19(27)20(28)26-11-8-21(29,9-12-26)16-7-10-23-17-4-2-1-3-15(16)17/h1-7,10,13,29H,8-9,11-12H2,(H,24,25,27). The van der Waals surface area contributed by atoms with E-state index in [9.17, 15) is 14.7 Å². The van der Waals surface area contributed by atoms with Crippen LogP contribution in [0.1, 0.15) is 18.4 Å². The summed E-state index contributed by atoms with van der Waals surface area (Å²) in [6.07, 6.45) is 3.74. The molecular weight excluding hydrogens is 392 g/mol. The van der Waals surface area contributed by atoms with E-state index < -0.39 is 17.4 Å². The molecule has 8 heteroatoms. The van der Waals surface area contributed by atoms with Crippen LogP contribution in [0.25, 0.3) is 10.9 Å². The zero-order valence-corrected chi connectivity index (χ0v) is 16.3. The van der Waals surface area contributed by atoms with Crippen molar-refractivity contribution in [3.8, 4) is 0 Å². The van der Waals surface area contributed by atoms with Crippen molar-refractivity contribution in [3.63, 3.8) is 0 Å². The third-order valence-corrected chi connectivity index (χ3v) is 5.42. The van der Waals surface area contributed by atoms with Gasteiger partial charge >= 0.3 is 11.8 Å². The molecule has 0 bridgehead atoms. The molecule has 4 rings (SSSR count). The van der Waals surface area contributed by atoms with Gasteiger partial charge in [-0.3, -0.25) is 14.6 Å². The van der Waals surface area contributed by atoms with E-state index in [0.717, 1.165) is 16.5 Å². The Balaban J connectivity index is 1.45. The Morgan fingerprint density at radius 1 is 1.07 bits per heavy atom. The third kappa shape index (κ3) is 3.92. The number of aliphatic hydroxyl groups is 1. The SMILES string of the molecule is O=C(Nc1ccc(Cl)cn1)C(=O)N1CCC(O)(c2ccnc3ccccc23)CC1. The molecule has 1 aliphatic rings. The number of rotatable bonds is 2. The molecule has 0 unspecified atom stereocenters. The van der Waals surface area contributed by atoms with Crippen molar-refractivity contribution in [1.82, 2.24) is 14.9 Å². The number of anilines is 1. The first-order valence-corrected chi connectivity index (χ1v) is 9.62. The fourth-order valence-electron chi connectivity index (χ4n) is 3.61. The van der Waals surface area contributed by atoms with Crippen molar-refractivity contribution in [3.05, 3.63) is 65.4 Å². The van der Waals surface area contributed by atoms with E-state index in [2.05, 4.69) is 15.3 Å². The summed E-state index contributed by atoms with van der Waals surface area (Å²) >= 11 is 5.77. The van der Waals surface area contributed by atoms with Gasteiger partial charge in [-0.15, -0.1) is 0 Å². The second-order valence-corrected chi connectivity index (χ2v) is 7.45. The molecule has 0 saturated carbocycles. The Hall–Kier alpha value is -3.03. The minimum absolute atomic E-state index is 0.254. The maximum atomic E-state index is 12.5. The third-order valence-electron chi connectivity index (χ3n) is 5.19. The number of fused-ring (bicyclic) bond motifs is 1. The number of pyridine rings is 2. The number of halogens is 1. The molecule has 29 heavy (non-hydrogen) atoms. The Morgan fingerprint density at radius 3 is 2.55 bits per heavy atom. The van der Waals surface area contributed by atoms with E-state index in [1.165, 1.54) is 17.2 Å². The first kappa shape index (κ1) is 19.3. The number of carbonyl (C=O) groups excluding carboxylic acids is 2. The normalized spacial score (nSPS) is 15.9. The van der Waals surface area contributed by atoms with Crippen LogP contribution < -0.4 is 5.32 Å². The van der Waals surface area contributed by atoms with Gasteiger partial charge in [0.05, 0.1) is 16.1 Å². The van der Waals surface area contributed by atoms with E-state index in [4.69, 9.17) is 11.6 Å². The van der Waals surface area contributed by atoms with Crippen LogP contribution in [-0.4, -0.2) is 44.9 Å². The number of hydrogen-bond acceptors (Lipinski definition) is 5. The summed E-state index contributed by atoms with van der Waals surface area (Å²) in [5.74, 6) is -1.16. The number of nitrogens with zero attached hydrogens (tertiary/aromatic N) is 3. The van der Waals surface area contributed by atoms with Gasteiger partial charge in [0.15, 0.2) is 0 Å². The Kier molecular flexibility index (Phi) is 5.17. The number of hydrogen-bond donors (Lipinski definition) is 2. The molecule has 3 aromatic rings. The molecule has 0 radical (unpaired) electrons. The van der Waals surface area contributed by atoms with Crippen LogP contribution in [0.4, 0.5) is 5.82 Å². The van der Waals surface area contributed by atoms with Gasteiger partial charge in [0.25, 0.3) is 0 Å². The summed E-state index contributed by atoms with van der Waals surface area (Å²) in [5.41, 5.74) is 0.532. The number of aromatic nitrogens is 2. The van der Waals surface area contributed by atoms with Gasteiger partial charge in [-0.2, -0.15) is 0 Å². The molecule has 0 atom stereocenters. The molecule has 1 saturated heterocycles. The lowest BCUT2D eigenvalue weighted by Gasteiger charge is -2.38. The van der Waals surface area contributed by atoms with Gasteiger partial charge in [0, 0.05) is 30.9 Å². The smallest absolute Gasteiger partial charge is 0.315 e. The fourth-order valence-corrected chi connectivity index (χ4v) is 3.73. The van der Waals surface area contributed by atoms with E-state index in [1.807, 2.05) is 30.3 Å². The average Bonchev–Trinajstić information content (AvgIpc) is 2.75. The van der Waals surface area contributed by atoms with Crippen LogP contribution in [-0.2, 0) is 15.2 Å². The molecule has 0 aliphatic carbocycles. The Labute approximate surface area is 172 Å². The van der Waals surface area contributed by atoms with Gasteiger partial charge in [-0.25, -0.2) is 4.98 Å². The Morgan fingerprint density at radius 2 is 1.83 bits per heavy atom. The molecule has 0 spiro atoms. The summed E-state index contributed by atoms with van der Waals surface area (Å²) in [7, 11) is 0. The number of piperidine rings is 1. The first-order valence-electron chi connectivity index (χ1n) is 9.25. The molecule has 148 valence electrons. The second-order valence-electron chi connectivity index (χ2n) is 7.02. The second kappa shape index (κ2) is 7.77. The molecule has 2 N–H and O–H groups in total. The zero-order valence-electron chi connectivity index (χ0n) is 15.5. The van der Waals surface area contributed by atoms with Gasteiger partial charge < -0.3 is 15.3 Å². The summed E-state index contributed by atoms with van der Waals surface area (Å²) < 4.78 is 0. The van der Waals surface area contributed by atoms with E-state index in [1.54, 1.807) is 12.3 Å². The number of likely N-dealkylation sites (tertiary alicyclic amines) is 1. The van der Waals surface area contributed by atoms with Crippen molar-refractivity contribution in [1.29, 1.82) is 0 Å². The molecule has 2 aromatic heterocycles. The van der Waals surface area contributed by atoms with Crippen LogP contribution >= 0.6 is 11.6 Å². The zero-order chi connectivity index (χ0) is 20.4. The van der Waals surface area contributed by atoms with Gasteiger partial charge in [-0.1, -0.05) is 29.8 Å². The van der Waals surface area contributed by atoms with Gasteiger partial charge in [0.2, 0.25) is 0 Å². The first-order chi connectivity index (χ1) is 14.0. The van der Waals surface area contributed by atoms with E-state index >= 15 is 0 Å². The summed E-state index contributed by atoms with van der Waals surface area (Å²) in [5, 5.41) is 15.1. The van der Waals surface area contributed by atoms with Crippen molar-refractivity contribution in [2.75, 3.05) is 18.4 Å². The molecule has 1 aromatic carbocycles. The van der Waals surface area contributed by atoms with Crippen LogP contribution in [0.15, 0.2) is 54.9 Å². The molecular formula is C21H19ClN4O3. The molecule has 1 aliphatic heterocycles. The number of amides is 2. The fraction of sp³-hybridized carbons (Fsp3) is 0.238. The molecule has 7 nitrogen and oxygen atoms in total. The number of nitrogens with one attached hydrogen (secondary N) is 1. The largest absolute Gasteiger partial charge is 0.385 e. The lowest BCUT2D eigenvalue weighted by Crippen LogP contribution is -2.48. The molecule has 1 fully saturated rings. The van der Waals surface area contributed by atoms with Crippen LogP contribution in [0.2, 0.25) is 5.02 Å². The summed E-state index contributed by atoms with van der Waals surface area (Å²) in [6, 6.07) is 12.6. The number of para-hydroxylation sites is 1. The number of carbonyl (C=O) groups is 2. The maximum Gasteiger partial charge on any atom is 0.315 e. The monoisotopic (exact) mass is 410 g/mol. The topological polar surface area (TPSA) is 95.4 Å². The molecule has 2 amide bonds. The predicted molar refractivity (Wildman–Crippen MR) is 109 cm³/mol. The molecule has 3 heterocycles. The lowest BCUT2D eigenvalue weighted by molar-refractivity contribution is -0.146. The van der Waals surface area contributed by atoms with E-state index in [0.29, 0.717) is 17.9 Å². The lowest BCUT2D eigenvalue weighted by atomic mass is 9.83. The van der Waals surface area contributed by atoms with Gasteiger partial charge in [-0.05, 0) is 42.7 Å². The average molecular weight is 411 g/mol. The van der Waals surface area contributed by atoms with Gasteiger partial charge in [0.1, 0.15) is 5.82 Å². The van der Waals surface area contributed by atoms with Crippen LogP contribution in [0.3, 0.4) is 0 Å². The highest BCUT2D eigenvalue weighted by molar-refractivity contribution is 6.39. The maximum absolute atomic E-state index is 12.5. The van der Waals surface area contributed by atoms with Crippen molar-refractivity contribution in [2.45, 2.75) is 18.4 Å². The predicted octanol–water partition coefficient (Wildman–Crippen LogP) is 2.73. The highest BCUT2D eigenvalue weighted by Crippen LogP contribution is 2.36. The minimum Gasteiger partial charge on any atom is -0.385 e. The summed E-state index contributed by atoms with van der Waals surface area (Å²) in [4.78, 5) is 34.5. The minimum atomic E-state index is -1.08. The van der Waals surface area contributed by atoms with E-state index in [-0.39, 0.29) is 18.9 Å². The highest BCUT2D eigenvalue weighted by Gasteiger charge is 2.37.